The zero-order valence-electron chi connectivity index (χ0n) is 8.16. The zero-order chi connectivity index (χ0) is 10.7. The second-order valence-corrected chi connectivity index (χ2v) is 3.19. The molecule has 0 saturated carbocycles. The highest BCUT2D eigenvalue weighted by Gasteiger charge is 2.16. The van der Waals surface area contributed by atoms with E-state index in [2.05, 4.69) is 5.43 Å². The first-order chi connectivity index (χ1) is 7.31. The molecule has 1 aromatic rings. The van der Waals surface area contributed by atoms with Crippen LogP contribution in [-0.2, 0) is 11.2 Å². The highest BCUT2D eigenvalue weighted by Crippen LogP contribution is 2.33. The van der Waals surface area contributed by atoms with Crippen molar-refractivity contribution in [1.82, 2.24) is 5.43 Å². The van der Waals surface area contributed by atoms with Gasteiger partial charge in [-0.2, -0.15) is 0 Å². The summed E-state index contributed by atoms with van der Waals surface area (Å²) < 4.78 is 10.8. The third-order valence-electron chi connectivity index (χ3n) is 2.16. The van der Waals surface area contributed by atoms with E-state index < -0.39 is 0 Å². The fraction of sp³-hybridized carbons (Fsp3) is 0.300. The number of nitrogens with one attached hydrogen (secondary N) is 1. The van der Waals surface area contributed by atoms with Crippen LogP contribution < -0.4 is 20.7 Å². The smallest absolute Gasteiger partial charge is 0.238 e. The summed E-state index contributed by atoms with van der Waals surface area (Å²) in [4.78, 5) is 11.1. The zero-order valence-corrected chi connectivity index (χ0v) is 8.16. The van der Waals surface area contributed by atoms with Crippen LogP contribution in [0.25, 0.3) is 0 Å². The van der Waals surface area contributed by atoms with Gasteiger partial charge in [0.25, 0.3) is 0 Å². The maximum Gasteiger partial charge on any atom is 0.238 e. The number of hydrogen-bond acceptors (Lipinski definition) is 4. The molecule has 3 N–H and O–H groups in total. The van der Waals surface area contributed by atoms with Crippen molar-refractivity contribution in [2.75, 3.05) is 13.2 Å². The molecule has 5 heteroatoms. The number of hydrazine groups is 1. The van der Waals surface area contributed by atoms with E-state index >= 15 is 0 Å². The van der Waals surface area contributed by atoms with Crippen LogP contribution in [0.2, 0.25) is 0 Å². The van der Waals surface area contributed by atoms with Gasteiger partial charge in [-0.1, -0.05) is 12.1 Å². The van der Waals surface area contributed by atoms with Crippen molar-refractivity contribution in [2.45, 2.75) is 6.42 Å². The summed E-state index contributed by atoms with van der Waals surface area (Å²) in [5.41, 5.74) is 2.87. The molecule has 0 bridgehead atoms. The summed E-state index contributed by atoms with van der Waals surface area (Å²) in [5, 5.41) is 0. The van der Waals surface area contributed by atoms with Crippen molar-refractivity contribution in [1.29, 1.82) is 0 Å². The van der Waals surface area contributed by atoms with Gasteiger partial charge in [-0.05, 0) is 6.07 Å². The molecule has 1 amide bonds. The van der Waals surface area contributed by atoms with Crippen LogP contribution >= 0.6 is 0 Å². The highest BCUT2D eigenvalue weighted by molar-refractivity contribution is 5.79. The number of para-hydroxylation sites is 1. The molecular formula is C10H12N2O3. The fourth-order valence-corrected chi connectivity index (χ4v) is 1.50. The van der Waals surface area contributed by atoms with Gasteiger partial charge in [-0.25, -0.2) is 5.84 Å². The van der Waals surface area contributed by atoms with Crippen molar-refractivity contribution in [3.8, 4) is 11.5 Å². The topological polar surface area (TPSA) is 73.6 Å². The fourth-order valence-electron chi connectivity index (χ4n) is 1.50. The predicted molar refractivity (Wildman–Crippen MR) is 53.5 cm³/mol. The van der Waals surface area contributed by atoms with Crippen molar-refractivity contribution < 1.29 is 14.3 Å². The van der Waals surface area contributed by atoms with Gasteiger partial charge in [-0.3, -0.25) is 10.2 Å². The number of nitrogens with two attached hydrogens (primary N) is 1. The van der Waals surface area contributed by atoms with Gasteiger partial charge >= 0.3 is 0 Å². The second-order valence-electron chi connectivity index (χ2n) is 3.19. The number of ether oxygens (including phenoxy) is 2. The summed E-state index contributed by atoms with van der Waals surface area (Å²) in [6.45, 7) is 1.05. The van der Waals surface area contributed by atoms with Gasteiger partial charge in [0.1, 0.15) is 13.2 Å². The number of hydrogen-bond donors (Lipinski definition) is 2. The summed E-state index contributed by atoms with van der Waals surface area (Å²) in [6.07, 6.45) is 0.197. The Kier molecular flexibility index (Phi) is 2.73. The standard InChI is InChI=1S/C10H12N2O3/c11-12-9(13)6-7-2-1-3-8-10(7)15-5-4-14-8/h1-3H,4-6,11H2,(H,12,13). The van der Waals surface area contributed by atoms with E-state index in [1.807, 2.05) is 18.2 Å². The summed E-state index contributed by atoms with van der Waals surface area (Å²) in [5.74, 6) is 6.10. The molecular weight excluding hydrogens is 196 g/mol. The molecule has 15 heavy (non-hydrogen) atoms. The lowest BCUT2D eigenvalue weighted by atomic mass is 10.1. The van der Waals surface area contributed by atoms with Crippen LogP contribution in [0.5, 0.6) is 11.5 Å². The molecule has 0 radical (unpaired) electrons. The lowest BCUT2D eigenvalue weighted by Gasteiger charge is -2.20. The molecule has 2 rings (SSSR count). The molecule has 0 unspecified atom stereocenters. The maximum absolute atomic E-state index is 11.1. The normalized spacial score (nSPS) is 13.4. The van der Waals surface area contributed by atoms with E-state index in [-0.39, 0.29) is 12.3 Å². The molecule has 0 spiro atoms. The minimum atomic E-state index is -0.252. The van der Waals surface area contributed by atoms with Crippen LogP contribution in [0.15, 0.2) is 18.2 Å². The van der Waals surface area contributed by atoms with Crippen molar-refractivity contribution in [3.05, 3.63) is 23.8 Å². The van der Waals surface area contributed by atoms with Gasteiger partial charge < -0.3 is 9.47 Å². The SMILES string of the molecule is NNC(=O)Cc1cccc2c1OCCO2. The van der Waals surface area contributed by atoms with Gasteiger partial charge in [0.15, 0.2) is 11.5 Å². The molecule has 1 aliphatic rings. The molecule has 1 heterocycles. The number of rotatable bonds is 2. The molecule has 0 fully saturated rings. The Morgan fingerprint density at radius 2 is 2.20 bits per heavy atom. The molecule has 0 saturated heterocycles. The van der Waals surface area contributed by atoms with Crippen LogP contribution in [0.1, 0.15) is 5.56 Å². The molecule has 80 valence electrons. The minimum Gasteiger partial charge on any atom is -0.486 e. The van der Waals surface area contributed by atoms with Crippen molar-refractivity contribution in [3.63, 3.8) is 0 Å². The molecule has 0 aliphatic carbocycles. The Balaban J connectivity index is 2.27. The van der Waals surface area contributed by atoms with Gasteiger partial charge in [-0.15, -0.1) is 0 Å². The van der Waals surface area contributed by atoms with Crippen molar-refractivity contribution in [2.24, 2.45) is 5.84 Å². The third-order valence-corrected chi connectivity index (χ3v) is 2.16. The number of amides is 1. The lowest BCUT2D eigenvalue weighted by molar-refractivity contribution is -0.120. The first-order valence-corrected chi connectivity index (χ1v) is 4.68. The number of benzene rings is 1. The van der Waals surface area contributed by atoms with Crippen molar-refractivity contribution >= 4 is 5.91 Å². The van der Waals surface area contributed by atoms with E-state index in [4.69, 9.17) is 15.3 Å². The number of carbonyl (C=O) groups is 1. The van der Waals surface area contributed by atoms with Gasteiger partial charge in [0.2, 0.25) is 5.91 Å². The van der Waals surface area contributed by atoms with E-state index in [1.54, 1.807) is 0 Å². The Labute approximate surface area is 87.1 Å². The van der Waals surface area contributed by atoms with E-state index in [0.29, 0.717) is 24.7 Å². The van der Waals surface area contributed by atoms with Gasteiger partial charge in [0, 0.05) is 5.56 Å². The minimum absolute atomic E-state index is 0.197. The Hall–Kier alpha value is -1.75. The maximum atomic E-state index is 11.1. The molecule has 0 atom stereocenters. The van der Waals surface area contributed by atoms with E-state index in [0.717, 1.165) is 5.56 Å². The predicted octanol–water partition coefficient (Wildman–Crippen LogP) is -0.00980. The number of carbonyl (C=O) groups excluding carboxylic acids is 1. The van der Waals surface area contributed by atoms with Crippen LogP contribution in [0.3, 0.4) is 0 Å². The average molecular weight is 208 g/mol. The molecule has 1 aromatic carbocycles. The molecule has 5 nitrogen and oxygen atoms in total. The van der Waals surface area contributed by atoms with E-state index in [9.17, 15) is 4.79 Å². The Morgan fingerprint density at radius 3 is 3.00 bits per heavy atom. The molecule has 0 aromatic heterocycles. The first-order valence-electron chi connectivity index (χ1n) is 4.68. The Bertz CT molecular complexity index is 379. The average Bonchev–Trinajstić information content (AvgIpc) is 2.29. The summed E-state index contributed by atoms with van der Waals surface area (Å²) >= 11 is 0. The lowest BCUT2D eigenvalue weighted by Crippen LogP contribution is -2.31. The largest absolute Gasteiger partial charge is 0.486 e. The van der Waals surface area contributed by atoms with E-state index in [1.165, 1.54) is 0 Å². The summed E-state index contributed by atoms with van der Waals surface area (Å²) in [7, 11) is 0. The third kappa shape index (κ3) is 2.02. The van der Waals surface area contributed by atoms with Crippen LogP contribution in [-0.4, -0.2) is 19.1 Å². The van der Waals surface area contributed by atoms with Crippen LogP contribution in [0, 0.1) is 0 Å². The first kappa shape index (κ1) is 9.79. The molecule has 1 aliphatic heterocycles. The Morgan fingerprint density at radius 1 is 1.40 bits per heavy atom. The highest BCUT2D eigenvalue weighted by atomic mass is 16.6. The quantitative estimate of drug-likeness (QED) is 0.407. The summed E-state index contributed by atoms with van der Waals surface area (Å²) in [6, 6.07) is 5.47. The number of fused-ring (bicyclic) bond motifs is 1. The van der Waals surface area contributed by atoms with Crippen LogP contribution in [0.4, 0.5) is 0 Å². The van der Waals surface area contributed by atoms with Gasteiger partial charge in [0.05, 0.1) is 6.42 Å². The monoisotopic (exact) mass is 208 g/mol. The second kappa shape index (κ2) is 4.18.